The predicted octanol–water partition coefficient (Wildman–Crippen LogP) is 2.40. The van der Waals surface area contributed by atoms with Crippen molar-refractivity contribution in [3.8, 4) is 11.5 Å². The van der Waals surface area contributed by atoms with Crippen LogP contribution in [0.15, 0.2) is 39.7 Å². The van der Waals surface area contributed by atoms with Crippen molar-refractivity contribution in [3.63, 3.8) is 0 Å². The molecule has 1 amide bonds. The molecule has 0 radical (unpaired) electrons. The zero-order chi connectivity index (χ0) is 18.0. The molecule has 0 saturated heterocycles. The Morgan fingerprint density at radius 3 is 2.56 bits per heavy atom. The molecule has 7 heteroatoms. The first-order chi connectivity index (χ1) is 11.9. The normalized spacial score (nSPS) is 23.2. The third-order valence-corrected chi connectivity index (χ3v) is 4.83. The molecule has 1 saturated carbocycles. The SMILES string of the molecule is CC1CCC(NC(=O)c2ccc(-c3ccco3)[nH]c2=O)(C(=O)O)CC1. The van der Waals surface area contributed by atoms with Crippen molar-refractivity contribution in [1.29, 1.82) is 0 Å². The predicted molar refractivity (Wildman–Crippen MR) is 90.2 cm³/mol. The van der Waals surface area contributed by atoms with Gasteiger partial charge in [0.15, 0.2) is 0 Å². The van der Waals surface area contributed by atoms with E-state index in [4.69, 9.17) is 4.42 Å². The van der Waals surface area contributed by atoms with Crippen LogP contribution in [-0.4, -0.2) is 27.5 Å². The van der Waals surface area contributed by atoms with E-state index in [9.17, 15) is 19.5 Å². The largest absolute Gasteiger partial charge is 0.480 e. The van der Waals surface area contributed by atoms with Crippen LogP contribution >= 0.6 is 0 Å². The van der Waals surface area contributed by atoms with Crippen LogP contribution in [0.3, 0.4) is 0 Å². The number of aromatic nitrogens is 1. The minimum absolute atomic E-state index is 0.116. The van der Waals surface area contributed by atoms with Gasteiger partial charge in [-0.1, -0.05) is 6.92 Å². The molecule has 0 spiro atoms. The number of pyridine rings is 1. The maximum Gasteiger partial charge on any atom is 0.329 e. The molecule has 1 fully saturated rings. The number of nitrogens with one attached hydrogen (secondary N) is 2. The fraction of sp³-hybridized carbons (Fsp3) is 0.389. The number of amides is 1. The van der Waals surface area contributed by atoms with Gasteiger partial charge >= 0.3 is 5.97 Å². The number of carbonyl (C=O) groups is 2. The highest BCUT2D eigenvalue weighted by Gasteiger charge is 2.42. The van der Waals surface area contributed by atoms with Crippen molar-refractivity contribution < 1.29 is 19.1 Å². The molecule has 2 aromatic heterocycles. The lowest BCUT2D eigenvalue weighted by Gasteiger charge is -2.36. The van der Waals surface area contributed by atoms with Crippen molar-refractivity contribution in [1.82, 2.24) is 10.3 Å². The third-order valence-electron chi connectivity index (χ3n) is 4.83. The van der Waals surface area contributed by atoms with E-state index >= 15 is 0 Å². The Balaban J connectivity index is 1.83. The van der Waals surface area contributed by atoms with Crippen LogP contribution in [0.5, 0.6) is 0 Å². The van der Waals surface area contributed by atoms with Crippen LogP contribution in [-0.2, 0) is 4.79 Å². The first kappa shape index (κ1) is 17.0. The van der Waals surface area contributed by atoms with Gasteiger partial charge in [0, 0.05) is 0 Å². The summed E-state index contributed by atoms with van der Waals surface area (Å²) in [7, 11) is 0. The monoisotopic (exact) mass is 344 g/mol. The van der Waals surface area contributed by atoms with Crippen LogP contribution < -0.4 is 10.9 Å². The fourth-order valence-electron chi connectivity index (χ4n) is 3.16. The third kappa shape index (κ3) is 3.35. The second-order valence-corrected chi connectivity index (χ2v) is 6.62. The van der Waals surface area contributed by atoms with E-state index < -0.39 is 23.0 Å². The number of carboxylic acids is 1. The minimum atomic E-state index is -1.31. The van der Waals surface area contributed by atoms with E-state index in [1.165, 1.54) is 12.3 Å². The smallest absolute Gasteiger partial charge is 0.329 e. The minimum Gasteiger partial charge on any atom is -0.480 e. The van der Waals surface area contributed by atoms with Gasteiger partial charge < -0.3 is 19.8 Å². The molecular weight excluding hydrogens is 324 g/mol. The standard InChI is InChI=1S/C18H20N2O5/c1-11-6-8-18(9-7-11,17(23)24)20-16(22)12-4-5-13(19-15(12)21)14-3-2-10-25-14/h2-5,10-11H,6-9H2,1H3,(H,19,21)(H,20,22)(H,23,24). The van der Waals surface area contributed by atoms with Gasteiger partial charge in [-0.25, -0.2) is 4.79 Å². The maximum absolute atomic E-state index is 12.5. The highest BCUT2D eigenvalue weighted by atomic mass is 16.4. The van der Waals surface area contributed by atoms with E-state index in [1.54, 1.807) is 18.2 Å². The molecule has 0 aromatic carbocycles. The quantitative estimate of drug-likeness (QED) is 0.788. The number of carboxylic acid groups (broad SMARTS) is 1. The average Bonchev–Trinajstić information content (AvgIpc) is 3.11. The zero-order valence-electron chi connectivity index (χ0n) is 13.9. The van der Waals surface area contributed by atoms with Gasteiger partial charge in [-0.2, -0.15) is 0 Å². The topological polar surface area (TPSA) is 112 Å². The number of carbonyl (C=O) groups excluding carboxylic acids is 1. The molecule has 1 aliphatic carbocycles. The first-order valence-electron chi connectivity index (χ1n) is 8.24. The van der Waals surface area contributed by atoms with Crippen LogP contribution in [0.2, 0.25) is 0 Å². The number of hydrogen-bond donors (Lipinski definition) is 3. The molecule has 0 atom stereocenters. The highest BCUT2D eigenvalue weighted by Crippen LogP contribution is 2.32. The number of hydrogen-bond acceptors (Lipinski definition) is 4. The summed E-state index contributed by atoms with van der Waals surface area (Å²) in [5.74, 6) is -0.826. The lowest BCUT2D eigenvalue weighted by molar-refractivity contribution is -0.146. The van der Waals surface area contributed by atoms with Gasteiger partial charge in [0.25, 0.3) is 11.5 Å². The number of aromatic amines is 1. The Hall–Kier alpha value is -2.83. The highest BCUT2D eigenvalue weighted by molar-refractivity contribution is 5.97. The molecule has 2 heterocycles. The number of H-pyrrole nitrogens is 1. The summed E-state index contributed by atoms with van der Waals surface area (Å²) >= 11 is 0. The summed E-state index contributed by atoms with van der Waals surface area (Å²) in [5.41, 5.74) is -1.56. The summed E-state index contributed by atoms with van der Waals surface area (Å²) < 4.78 is 5.21. The zero-order valence-corrected chi connectivity index (χ0v) is 13.9. The van der Waals surface area contributed by atoms with Crippen molar-refractivity contribution >= 4 is 11.9 Å². The number of furan rings is 1. The summed E-state index contributed by atoms with van der Waals surface area (Å²) in [4.78, 5) is 39.1. The molecule has 0 aliphatic heterocycles. The summed E-state index contributed by atoms with van der Waals surface area (Å²) in [5, 5.41) is 12.2. The van der Waals surface area contributed by atoms with E-state index in [0.29, 0.717) is 30.2 Å². The molecule has 7 nitrogen and oxygen atoms in total. The Morgan fingerprint density at radius 1 is 1.28 bits per heavy atom. The molecule has 3 rings (SSSR count). The molecule has 0 unspecified atom stereocenters. The van der Waals surface area contributed by atoms with Gasteiger partial charge in [-0.15, -0.1) is 0 Å². The van der Waals surface area contributed by atoms with Crippen molar-refractivity contribution in [2.24, 2.45) is 5.92 Å². The van der Waals surface area contributed by atoms with Crippen molar-refractivity contribution in [2.45, 2.75) is 38.1 Å². The molecule has 132 valence electrons. The van der Waals surface area contributed by atoms with E-state index in [-0.39, 0.29) is 5.56 Å². The molecule has 2 aromatic rings. The second kappa shape index (κ2) is 6.58. The Morgan fingerprint density at radius 2 is 2.00 bits per heavy atom. The van der Waals surface area contributed by atoms with Crippen LogP contribution in [0.4, 0.5) is 0 Å². The van der Waals surface area contributed by atoms with Crippen molar-refractivity contribution in [3.05, 3.63) is 46.4 Å². The Kier molecular flexibility index (Phi) is 4.48. The number of rotatable bonds is 4. The average molecular weight is 344 g/mol. The summed E-state index contributed by atoms with van der Waals surface area (Å²) in [6, 6.07) is 6.32. The fourth-order valence-corrected chi connectivity index (χ4v) is 3.16. The molecule has 0 bridgehead atoms. The van der Waals surface area contributed by atoms with Gasteiger partial charge in [0.1, 0.15) is 16.9 Å². The van der Waals surface area contributed by atoms with E-state index in [1.807, 2.05) is 0 Å². The second-order valence-electron chi connectivity index (χ2n) is 6.62. The summed E-state index contributed by atoms with van der Waals surface area (Å²) in [6.45, 7) is 2.06. The Bertz CT molecular complexity index is 829. The van der Waals surface area contributed by atoms with Gasteiger partial charge in [0.05, 0.1) is 12.0 Å². The van der Waals surface area contributed by atoms with Gasteiger partial charge in [-0.3, -0.25) is 9.59 Å². The van der Waals surface area contributed by atoms with Crippen LogP contribution in [0.1, 0.15) is 43.0 Å². The summed E-state index contributed by atoms with van der Waals surface area (Å²) in [6.07, 6.45) is 3.64. The van der Waals surface area contributed by atoms with E-state index in [2.05, 4.69) is 17.2 Å². The molecule has 25 heavy (non-hydrogen) atoms. The maximum atomic E-state index is 12.5. The van der Waals surface area contributed by atoms with Gasteiger partial charge in [0.2, 0.25) is 0 Å². The van der Waals surface area contributed by atoms with Crippen LogP contribution in [0.25, 0.3) is 11.5 Å². The van der Waals surface area contributed by atoms with Gasteiger partial charge in [-0.05, 0) is 55.9 Å². The first-order valence-corrected chi connectivity index (χ1v) is 8.24. The molecule has 1 aliphatic rings. The lowest BCUT2D eigenvalue weighted by Crippen LogP contribution is -2.56. The Labute approximate surface area is 144 Å². The molecule has 3 N–H and O–H groups in total. The molecular formula is C18H20N2O5. The van der Waals surface area contributed by atoms with E-state index in [0.717, 1.165) is 12.8 Å². The lowest BCUT2D eigenvalue weighted by atomic mass is 9.77. The van der Waals surface area contributed by atoms with Crippen LogP contribution in [0, 0.1) is 5.92 Å². The number of aliphatic carboxylic acids is 1. The van der Waals surface area contributed by atoms with Crippen molar-refractivity contribution in [2.75, 3.05) is 0 Å².